The second kappa shape index (κ2) is 7.16. The van der Waals surface area contributed by atoms with Gasteiger partial charge in [0.25, 0.3) is 5.69 Å². The molecule has 0 N–H and O–H groups in total. The molecule has 8 nitrogen and oxygen atoms in total. The molecule has 0 aliphatic carbocycles. The Labute approximate surface area is 174 Å². The van der Waals surface area contributed by atoms with Crippen molar-refractivity contribution >= 4 is 40.3 Å². The largest absolute Gasteiger partial charge is 0.454 e. The Morgan fingerprint density at radius 1 is 1.07 bits per heavy atom. The quantitative estimate of drug-likeness (QED) is 0.244. The van der Waals surface area contributed by atoms with Crippen LogP contribution in [0.4, 0.5) is 11.4 Å². The summed E-state index contributed by atoms with van der Waals surface area (Å²) in [5.41, 5.74) is 2.80. The normalized spacial score (nSPS) is 12.7. The summed E-state index contributed by atoms with van der Waals surface area (Å²) in [5, 5.41) is 12.0. The minimum atomic E-state index is -0.484. The predicted octanol–water partition coefficient (Wildman–Crippen LogP) is 5.54. The van der Waals surface area contributed by atoms with Crippen molar-refractivity contribution in [3.8, 4) is 23.0 Å². The number of nitrogens with zero attached hydrogens (tertiary/aromatic N) is 3. The Morgan fingerprint density at radius 3 is 2.60 bits per heavy atom. The maximum Gasteiger partial charge on any atom is 0.282 e. The van der Waals surface area contributed by atoms with Crippen molar-refractivity contribution < 1.29 is 18.8 Å². The van der Waals surface area contributed by atoms with Crippen LogP contribution in [-0.4, -0.2) is 22.9 Å². The molecule has 0 atom stereocenters. The molecule has 3 aromatic carbocycles. The zero-order valence-electron chi connectivity index (χ0n) is 15.2. The highest BCUT2D eigenvalue weighted by Gasteiger charge is 2.22. The van der Waals surface area contributed by atoms with Crippen LogP contribution in [0.25, 0.3) is 22.6 Å². The van der Waals surface area contributed by atoms with Crippen LogP contribution in [-0.2, 0) is 0 Å². The summed E-state index contributed by atoms with van der Waals surface area (Å²) in [7, 11) is 0. The van der Waals surface area contributed by atoms with Crippen molar-refractivity contribution in [1.29, 1.82) is 0 Å². The molecule has 30 heavy (non-hydrogen) atoms. The highest BCUT2D eigenvalue weighted by Crippen LogP contribution is 2.37. The topological polar surface area (TPSA) is 100.0 Å². The fraction of sp³-hybridized carbons (Fsp3) is 0.0476. The number of benzene rings is 3. The first-order chi connectivity index (χ1) is 14.6. The van der Waals surface area contributed by atoms with E-state index >= 15 is 0 Å². The third-order valence-corrected chi connectivity index (χ3v) is 4.79. The molecule has 0 spiro atoms. The first-order valence-electron chi connectivity index (χ1n) is 8.85. The summed E-state index contributed by atoms with van der Waals surface area (Å²) in [6, 6.07) is 15.3. The lowest BCUT2D eigenvalue weighted by Crippen LogP contribution is -1.94. The maximum atomic E-state index is 11.4. The number of oxazole rings is 1. The summed E-state index contributed by atoms with van der Waals surface area (Å²) in [6.45, 7) is 0.0336. The Bertz CT molecular complexity index is 1310. The van der Waals surface area contributed by atoms with E-state index in [0.717, 1.165) is 5.56 Å². The molecular weight excluding hydrogens is 410 g/mol. The fourth-order valence-electron chi connectivity index (χ4n) is 3.06. The van der Waals surface area contributed by atoms with Gasteiger partial charge >= 0.3 is 0 Å². The third-order valence-electron chi connectivity index (χ3n) is 4.53. The Morgan fingerprint density at radius 2 is 1.83 bits per heavy atom. The molecule has 1 aromatic heterocycles. The molecule has 148 valence electrons. The Balaban J connectivity index is 1.48. The predicted molar refractivity (Wildman–Crippen MR) is 111 cm³/mol. The van der Waals surface area contributed by atoms with Crippen LogP contribution in [0.1, 0.15) is 5.56 Å². The highest BCUT2D eigenvalue weighted by atomic mass is 35.5. The first-order valence-corrected chi connectivity index (χ1v) is 9.23. The van der Waals surface area contributed by atoms with Gasteiger partial charge in [-0.3, -0.25) is 15.1 Å². The molecule has 0 radical (unpaired) electrons. The zero-order valence-corrected chi connectivity index (χ0v) is 16.0. The van der Waals surface area contributed by atoms with Crippen molar-refractivity contribution in [2.45, 2.75) is 0 Å². The number of halogens is 1. The van der Waals surface area contributed by atoms with Gasteiger partial charge in [0, 0.05) is 16.8 Å². The van der Waals surface area contributed by atoms with E-state index in [4.69, 9.17) is 25.5 Å². The number of nitro benzene ring substituents is 1. The van der Waals surface area contributed by atoms with Gasteiger partial charge in [0.05, 0.1) is 22.2 Å². The molecule has 0 fully saturated rings. The summed E-state index contributed by atoms with van der Waals surface area (Å²) in [4.78, 5) is 19.8. The van der Waals surface area contributed by atoms with Crippen LogP contribution in [0.3, 0.4) is 0 Å². The zero-order chi connectivity index (χ0) is 20.7. The van der Waals surface area contributed by atoms with Crippen molar-refractivity contribution in [2.24, 2.45) is 4.99 Å². The summed E-state index contributed by atoms with van der Waals surface area (Å²) in [5.74, 6) is 1.26. The molecule has 2 heterocycles. The van der Waals surface area contributed by atoms with E-state index in [0.29, 0.717) is 44.8 Å². The summed E-state index contributed by atoms with van der Waals surface area (Å²) < 4.78 is 16.3. The third kappa shape index (κ3) is 3.33. The van der Waals surface area contributed by atoms with Crippen LogP contribution in [0, 0.1) is 10.1 Å². The van der Waals surface area contributed by atoms with E-state index in [-0.39, 0.29) is 12.5 Å². The molecule has 9 heteroatoms. The molecule has 0 amide bonds. The van der Waals surface area contributed by atoms with Gasteiger partial charge in [-0.2, -0.15) is 0 Å². The molecule has 1 aliphatic heterocycles. The number of hydrogen-bond acceptors (Lipinski definition) is 7. The number of ether oxygens (including phenoxy) is 2. The lowest BCUT2D eigenvalue weighted by atomic mass is 10.1. The van der Waals surface area contributed by atoms with Crippen LogP contribution in [0.2, 0.25) is 5.02 Å². The lowest BCUT2D eigenvalue weighted by Gasteiger charge is -2.00. The second-order valence-electron chi connectivity index (χ2n) is 6.46. The van der Waals surface area contributed by atoms with Crippen LogP contribution < -0.4 is 9.47 Å². The van der Waals surface area contributed by atoms with Gasteiger partial charge in [-0.15, -0.1) is 0 Å². The van der Waals surface area contributed by atoms with Crippen LogP contribution in [0.15, 0.2) is 64.0 Å². The van der Waals surface area contributed by atoms with Gasteiger partial charge in [0.15, 0.2) is 17.1 Å². The van der Waals surface area contributed by atoms with Gasteiger partial charge < -0.3 is 13.9 Å². The van der Waals surface area contributed by atoms with Gasteiger partial charge in [-0.1, -0.05) is 11.6 Å². The number of aliphatic imine (C=N–C) groups is 1. The average Bonchev–Trinajstić information content (AvgIpc) is 3.37. The van der Waals surface area contributed by atoms with Crippen LogP contribution in [0.5, 0.6) is 11.5 Å². The SMILES string of the molecule is O=[N+]([O-])c1cc2c(cc1C=Nc1ccc3oc(-c4ccc(Cl)cc4)nc3c1)OCO2. The molecule has 0 saturated heterocycles. The van der Waals surface area contributed by atoms with E-state index in [1.165, 1.54) is 18.3 Å². The number of rotatable bonds is 4. The standard InChI is InChI=1S/C21H12ClN3O5/c22-14-3-1-12(2-4-14)21-24-16-8-15(5-6-18(16)30-21)23-10-13-7-19-20(29-11-28-19)9-17(13)25(26)27/h1-10H,11H2. The summed E-state index contributed by atoms with van der Waals surface area (Å²) >= 11 is 5.92. The number of aromatic nitrogens is 1. The van der Waals surface area contributed by atoms with Crippen molar-refractivity contribution in [3.05, 3.63) is 75.3 Å². The monoisotopic (exact) mass is 421 g/mol. The van der Waals surface area contributed by atoms with E-state index in [1.807, 2.05) is 12.1 Å². The molecule has 0 bridgehead atoms. The number of nitro groups is 1. The number of fused-ring (bicyclic) bond motifs is 2. The fourth-order valence-corrected chi connectivity index (χ4v) is 3.19. The first kappa shape index (κ1) is 18.1. The summed E-state index contributed by atoms with van der Waals surface area (Å²) in [6.07, 6.45) is 1.42. The Kier molecular flexibility index (Phi) is 4.33. The van der Waals surface area contributed by atoms with Gasteiger partial charge in [0.2, 0.25) is 12.7 Å². The second-order valence-corrected chi connectivity index (χ2v) is 6.89. The van der Waals surface area contributed by atoms with Crippen LogP contribution >= 0.6 is 11.6 Å². The Hall–Kier alpha value is -3.91. The minimum absolute atomic E-state index is 0.0336. The molecule has 0 saturated carbocycles. The smallest absolute Gasteiger partial charge is 0.282 e. The van der Waals surface area contributed by atoms with Gasteiger partial charge in [0.1, 0.15) is 5.52 Å². The average molecular weight is 422 g/mol. The van der Waals surface area contributed by atoms with Crippen molar-refractivity contribution in [2.75, 3.05) is 6.79 Å². The lowest BCUT2D eigenvalue weighted by molar-refractivity contribution is -0.385. The van der Waals surface area contributed by atoms with Crippen molar-refractivity contribution in [3.63, 3.8) is 0 Å². The molecule has 5 rings (SSSR count). The molecule has 1 aliphatic rings. The minimum Gasteiger partial charge on any atom is -0.454 e. The maximum absolute atomic E-state index is 11.4. The molecular formula is C21H12ClN3O5. The number of hydrogen-bond donors (Lipinski definition) is 0. The molecule has 0 unspecified atom stereocenters. The van der Waals surface area contributed by atoms with E-state index in [2.05, 4.69) is 9.98 Å². The van der Waals surface area contributed by atoms with E-state index < -0.39 is 4.92 Å². The van der Waals surface area contributed by atoms with Gasteiger partial charge in [-0.05, 0) is 48.5 Å². The van der Waals surface area contributed by atoms with Gasteiger partial charge in [-0.25, -0.2) is 4.98 Å². The van der Waals surface area contributed by atoms with Crippen molar-refractivity contribution in [1.82, 2.24) is 4.98 Å². The highest BCUT2D eigenvalue weighted by molar-refractivity contribution is 6.30. The van der Waals surface area contributed by atoms with E-state index in [9.17, 15) is 10.1 Å². The van der Waals surface area contributed by atoms with E-state index in [1.54, 1.807) is 30.3 Å². The molecule has 4 aromatic rings.